The maximum atomic E-state index is 13.0. The van der Waals surface area contributed by atoms with E-state index in [9.17, 15) is 9.18 Å². The van der Waals surface area contributed by atoms with Crippen LogP contribution in [0.3, 0.4) is 0 Å². The van der Waals surface area contributed by atoms with Gasteiger partial charge < -0.3 is 15.0 Å². The number of ether oxygens (including phenoxy) is 1. The van der Waals surface area contributed by atoms with Gasteiger partial charge >= 0.3 is 5.97 Å². The Hall–Kier alpha value is -2.30. The Balaban J connectivity index is 2.58. The molecule has 0 atom stereocenters. The molecule has 0 saturated heterocycles. The summed E-state index contributed by atoms with van der Waals surface area (Å²) in [5.74, 6) is -0.754. The summed E-state index contributed by atoms with van der Waals surface area (Å²) in [4.78, 5) is 12.0. The molecule has 1 heterocycles. The highest BCUT2D eigenvalue weighted by Crippen LogP contribution is 2.33. The lowest BCUT2D eigenvalue weighted by Gasteiger charge is -2.06. The monoisotopic (exact) mass is 276 g/mol. The van der Waals surface area contributed by atoms with E-state index >= 15 is 0 Å². The largest absolute Gasteiger partial charge is 0.462 e. The van der Waals surface area contributed by atoms with Crippen LogP contribution in [0.5, 0.6) is 0 Å². The van der Waals surface area contributed by atoms with E-state index in [1.807, 2.05) is 11.6 Å². The predicted molar refractivity (Wildman–Crippen MR) is 75.9 cm³/mol. The van der Waals surface area contributed by atoms with Crippen LogP contribution < -0.4 is 5.73 Å². The summed E-state index contributed by atoms with van der Waals surface area (Å²) in [6.45, 7) is 3.83. The van der Waals surface area contributed by atoms with Crippen LogP contribution in [0, 0.1) is 12.7 Å². The van der Waals surface area contributed by atoms with Gasteiger partial charge in [0.05, 0.1) is 18.0 Å². The number of nitrogens with two attached hydrogens (primary N) is 1. The molecule has 2 rings (SSSR count). The zero-order valence-electron chi connectivity index (χ0n) is 11.7. The van der Waals surface area contributed by atoms with Gasteiger partial charge in [-0.15, -0.1) is 0 Å². The fourth-order valence-electron chi connectivity index (χ4n) is 2.25. The van der Waals surface area contributed by atoms with Crippen LogP contribution in [0.2, 0.25) is 0 Å². The van der Waals surface area contributed by atoms with E-state index in [2.05, 4.69) is 0 Å². The van der Waals surface area contributed by atoms with E-state index in [0.717, 1.165) is 11.3 Å². The van der Waals surface area contributed by atoms with Gasteiger partial charge in [0, 0.05) is 18.3 Å². The lowest BCUT2D eigenvalue weighted by molar-refractivity contribution is 0.0526. The van der Waals surface area contributed by atoms with E-state index in [1.165, 1.54) is 12.1 Å². The molecule has 0 aliphatic carbocycles. The van der Waals surface area contributed by atoms with Gasteiger partial charge in [-0.3, -0.25) is 0 Å². The van der Waals surface area contributed by atoms with Crippen molar-refractivity contribution in [3.05, 3.63) is 41.3 Å². The van der Waals surface area contributed by atoms with Gasteiger partial charge in [-0.2, -0.15) is 0 Å². The summed E-state index contributed by atoms with van der Waals surface area (Å²) in [7, 11) is 1.81. The third kappa shape index (κ3) is 2.27. The van der Waals surface area contributed by atoms with Crippen LogP contribution in [-0.4, -0.2) is 17.1 Å². The Labute approximate surface area is 117 Å². The second kappa shape index (κ2) is 5.36. The number of halogens is 1. The van der Waals surface area contributed by atoms with Gasteiger partial charge in [0.1, 0.15) is 11.4 Å². The Kier molecular flexibility index (Phi) is 3.79. The lowest BCUT2D eigenvalue weighted by atomic mass is 10.1. The molecule has 0 spiro atoms. The van der Waals surface area contributed by atoms with Crippen molar-refractivity contribution >= 4 is 11.7 Å². The Morgan fingerprint density at radius 3 is 2.50 bits per heavy atom. The van der Waals surface area contributed by atoms with Crippen molar-refractivity contribution in [3.8, 4) is 11.3 Å². The molecule has 5 heteroatoms. The van der Waals surface area contributed by atoms with E-state index in [0.29, 0.717) is 23.6 Å². The molecular formula is C15H17FN2O2. The first kappa shape index (κ1) is 14.1. The van der Waals surface area contributed by atoms with Crippen molar-refractivity contribution in [2.75, 3.05) is 12.3 Å². The summed E-state index contributed by atoms with van der Waals surface area (Å²) in [6, 6.07) is 5.99. The van der Waals surface area contributed by atoms with Crippen molar-refractivity contribution in [2.45, 2.75) is 13.8 Å². The average molecular weight is 276 g/mol. The first-order chi connectivity index (χ1) is 9.47. The number of carbonyl (C=O) groups excluding carboxylic acids is 1. The van der Waals surface area contributed by atoms with Crippen molar-refractivity contribution in [1.82, 2.24) is 4.57 Å². The highest BCUT2D eigenvalue weighted by Gasteiger charge is 2.23. The van der Waals surface area contributed by atoms with E-state index in [1.54, 1.807) is 26.0 Å². The number of rotatable bonds is 3. The number of hydrogen-bond donors (Lipinski definition) is 1. The Morgan fingerprint density at radius 1 is 1.35 bits per heavy atom. The van der Waals surface area contributed by atoms with Gasteiger partial charge in [-0.05, 0) is 38.1 Å². The summed E-state index contributed by atoms with van der Waals surface area (Å²) in [5, 5.41) is 0. The molecule has 2 N–H and O–H groups in total. The van der Waals surface area contributed by atoms with Crippen molar-refractivity contribution in [1.29, 1.82) is 0 Å². The zero-order chi connectivity index (χ0) is 14.9. The summed E-state index contributed by atoms with van der Waals surface area (Å²) in [6.07, 6.45) is 0. The van der Waals surface area contributed by atoms with Crippen molar-refractivity contribution in [2.24, 2.45) is 7.05 Å². The van der Waals surface area contributed by atoms with Gasteiger partial charge in [0.15, 0.2) is 0 Å². The van der Waals surface area contributed by atoms with Crippen LogP contribution >= 0.6 is 0 Å². The molecular weight excluding hydrogens is 259 g/mol. The van der Waals surface area contributed by atoms with Crippen molar-refractivity contribution < 1.29 is 13.9 Å². The highest BCUT2D eigenvalue weighted by atomic mass is 19.1. The fourth-order valence-corrected chi connectivity index (χ4v) is 2.25. The maximum absolute atomic E-state index is 13.0. The molecule has 0 aliphatic rings. The second-order valence-electron chi connectivity index (χ2n) is 4.51. The molecule has 1 aromatic heterocycles. The molecule has 4 nitrogen and oxygen atoms in total. The van der Waals surface area contributed by atoms with Crippen LogP contribution in [0.15, 0.2) is 24.3 Å². The summed E-state index contributed by atoms with van der Waals surface area (Å²) >= 11 is 0. The molecule has 0 saturated carbocycles. The normalized spacial score (nSPS) is 10.6. The molecule has 0 unspecified atom stereocenters. The van der Waals surface area contributed by atoms with Crippen LogP contribution in [0.25, 0.3) is 11.3 Å². The van der Waals surface area contributed by atoms with E-state index in [4.69, 9.17) is 10.5 Å². The number of benzene rings is 1. The van der Waals surface area contributed by atoms with E-state index < -0.39 is 5.97 Å². The first-order valence-electron chi connectivity index (χ1n) is 6.35. The third-order valence-corrected chi connectivity index (χ3v) is 3.32. The third-order valence-electron chi connectivity index (χ3n) is 3.32. The van der Waals surface area contributed by atoms with Gasteiger partial charge in [-0.25, -0.2) is 9.18 Å². The van der Waals surface area contributed by atoms with Gasteiger partial charge in [0.25, 0.3) is 0 Å². The van der Waals surface area contributed by atoms with Crippen LogP contribution in [0.1, 0.15) is 23.0 Å². The number of nitrogen functional groups attached to an aromatic ring is 1. The smallest absolute Gasteiger partial charge is 0.342 e. The molecule has 0 aliphatic heterocycles. The quantitative estimate of drug-likeness (QED) is 0.877. The molecule has 0 fully saturated rings. The topological polar surface area (TPSA) is 57.2 Å². The SMILES string of the molecule is CCOC(=O)c1c(N)c(-c2ccc(F)cc2)n(C)c1C. The molecule has 0 amide bonds. The minimum Gasteiger partial charge on any atom is -0.462 e. The number of nitrogens with zero attached hydrogens (tertiary/aromatic N) is 1. The molecule has 0 radical (unpaired) electrons. The molecule has 2 aromatic rings. The standard InChI is InChI=1S/C15H17FN2O2/c1-4-20-15(19)12-9(2)18(3)14(13(12)17)10-5-7-11(16)8-6-10/h5-8H,4,17H2,1-3H3. The summed E-state index contributed by atoms with van der Waals surface area (Å²) in [5.41, 5.74) is 8.98. The van der Waals surface area contributed by atoms with Gasteiger partial charge in [-0.1, -0.05) is 0 Å². The number of hydrogen-bond acceptors (Lipinski definition) is 3. The number of esters is 1. The molecule has 106 valence electrons. The molecule has 0 bridgehead atoms. The highest BCUT2D eigenvalue weighted by molar-refractivity contribution is 6.00. The molecule has 1 aromatic carbocycles. The lowest BCUT2D eigenvalue weighted by Crippen LogP contribution is -2.08. The first-order valence-corrected chi connectivity index (χ1v) is 6.35. The number of aromatic nitrogens is 1. The number of anilines is 1. The molecule has 20 heavy (non-hydrogen) atoms. The fraction of sp³-hybridized carbons (Fsp3) is 0.267. The van der Waals surface area contributed by atoms with Gasteiger partial charge in [0.2, 0.25) is 0 Å². The Bertz CT molecular complexity index is 645. The average Bonchev–Trinajstić information content (AvgIpc) is 2.62. The summed E-state index contributed by atoms with van der Waals surface area (Å²) < 4.78 is 19.8. The predicted octanol–water partition coefficient (Wildman–Crippen LogP) is 2.90. The second-order valence-corrected chi connectivity index (χ2v) is 4.51. The maximum Gasteiger partial charge on any atom is 0.342 e. The van der Waals surface area contributed by atoms with Crippen molar-refractivity contribution in [3.63, 3.8) is 0 Å². The zero-order valence-corrected chi connectivity index (χ0v) is 11.7. The Morgan fingerprint density at radius 2 is 1.95 bits per heavy atom. The minimum atomic E-state index is -0.438. The minimum absolute atomic E-state index is 0.290. The van der Waals surface area contributed by atoms with Crippen LogP contribution in [0.4, 0.5) is 10.1 Å². The van der Waals surface area contributed by atoms with E-state index in [-0.39, 0.29) is 5.82 Å². The number of carbonyl (C=O) groups is 1. The van der Waals surface area contributed by atoms with Crippen LogP contribution in [-0.2, 0) is 11.8 Å².